The van der Waals surface area contributed by atoms with Crippen molar-refractivity contribution in [3.8, 4) is 11.5 Å². The number of likely N-dealkylation sites (tertiary alicyclic amines) is 1. The zero-order valence-corrected chi connectivity index (χ0v) is 32.0. The van der Waals surface area contributed by atoms with Crippen molar-refractivity contribution < 1.29 is 47.5 Å². The Hall–Kier alpha value is -4.06. The number of benzene rings is 1. The quantitative estimate of drug-likeness (QED) is 0.152. The van der Waals surface area contributed by atoms with Crippen molar-refractivity contribution in [3.05, 3.63) is 42.2 Å². The standard InChI is InChI=1S/C38H56N6O10/c1-38(2,3)35(36(47)44-10-9-29(45)25-44)41-34(46)27-52-22-21-51-20-19-50-18-17-49-16-15-42-11-13-43(14-12-42)37-40-32-23-30(7-8-33(32)54-37)53-26-28-5-6-31(48-4)24-39-28/h5-8,23-24,29,35,45H,9-22,25-27H2,1-4H3,(H,41,46)/t29-,35-/m1/s1. The van der Waals surface area contributed by atoms with Gasteiger partial charge >= 0.3 is 0 Å². The third kappa shape index (κ3) is 12.8. The largest absolute Gasteiger partial charge is 0.495 e. The molecule has 2 fully saturated rings. The summed E-state index contributed by atoms with van der Waals surface area (Å²) < 4.78 is 39.4. The van der Waals surface area contributed by atoms with Gasteiger partial charge in [-0.15, -0.1) is 0 Å². The first-order valence-electron chi connectivity index (χ1n) is 18.7. The zero-order valence-electron chi connectivity index (χ0n) is 32.0. The average molecular weight is 757 g/mol. The molecule has 1 aromatic carbocycles. The topological polar surface area (TPSA) is 170 Å². The molecule has 16 nitrogen and oxygen atoms in total. The number of hydrogen-bond donors (Lipinski definition) is 2. The summed E-state index contributed by atoms with van der Waals surface area (Å²) in [6, 6.07) is 9.29. The number of aliphatic hydroxyl groups excluding tert-OH is 1. The summed E-state index contributed by atoms with van der Waals surface area (Å²) in [7, 11) is 1.61. The maximum Gasteiger partial charge on any atom is 0.298 e. The fourth-order valence-corrected chi connectivity index (χ4v) is 6.05. The van der Waals surface area contributed by atoms with Gasteiger partial charge in [-0.3, -0.25) is 19.5 Å². The number of fused-ring (bicyclic) bond motifs is 1. The van der Waals surface area contributed by atoms with Crippen molar-refractivity contribution in [3.63, 3.8) is 0 Å². The molecule has 0 aliphatic carbocycles. The van der Waals surface area contributed by atoms with Crippen molar-refractivity contribution in [1.29, 1.82) is 0 Å². The van der Waals surface area contributed by atoms with Crippen LogP contribution in [-0.2, 0) is 35.1 Å². The highest BCUT2D eigenvalue weighted by Gasteiger charge is 2.37. The summed E-state index contributed by atoms with van der Waals surface area (Å²) >= 11 is 0. The first kappa shape index (κ1) is 41.1. The Labute approximate surface area is 317 Å². The van der Waals surface area contributed by atoms with Crippen molar-refractivity contribution in [2.75, 3.05) is 111 Å². The molecule has 0 saturated carbocycles. The van der Waals surface area contributed by atoms with Gasteiger partial charge in [0.15, 0.2) is 5.58 Å². The lowest BCUT2D eigenvalue weighted by Gasteiger charge is -2.33. The molecule has 0 radical (unpaired) electrons. The van der Waals surface area contributed by atoms with Gasteiger partial charge in [0.1, 0.15) is 36.3 Å². The van der Waals surface area contributed by atoms with Gasteiger partial charge in [0.05, 0.1) is 71.4 Å². The van der Waals surface area contributed by atoms with Crippen molar-refractivity contribution in [2.24, 2.45) is 5.41 Å². The number of ether oxygens (including phenoxy) is 6. The van der Waals surface area contributed by atoms with Crippen LogP contribution in [0, 0.1) is 5.41 Å². The second-order valence-corrected chi connectivity index (χ2v) is 14.4. The Morgan fingerprint density at radius 3 is 2.24 bits per heavy atom. The molecule has 2 saturated heterocycles. The summed E-state index contributed by atoms with van der Waals surface area (Å²) in [6.07, 6.45) is 1.71. The molecule has 3 aromatic rings. The van der Waals surface area contributed by atoms with Crippen LogP contribution in [0.2, 0.25) is 0 Å². The SMILES string of the molecule is COc1ccc(COc2ccc3oc(N4CCN(CCOCCOCCOCCOCC(=O)N[C@H](C(=O)N5CC[C@@H](O)C5)C(C)(C)C)CC4)nc3c2)nc1. The van der Waals surface area contributed by atoms with Crippen molar-refractivity contribution >= 4 is 28.9 Å². The molecule has 298 valence electrons. The minimum absolute atomic E-state index is 0.170. The lowest BCUT2D eigenvalue weighted by atomic mass is 9.85. The number of nitrogens with zero attached hydrogens (tertiary/aromatic N) is 5. The van der Waals surface area contributed by atoms with E-state index in [0.717, 1.165) is 49.5 Å². The second-order valence-electron chi connectivity index (χ2n) is 14.4. The van der Waals surface area contributed by atoms with E-state index in [2.05, 4.69) is 20.1 Å². The van der Waals surface area contributed by atoms with Crippen LogP contribution in [0.3, 0.4) is 0 Å². The Morgan fingerprint density at radius 2 is 1.61 bits per heavy atom. The Kier molecular flexibility index (Phi) is 15.7. The Balaban J connectivity index is 0.849. The average Bonchev–Trinajstić information content (AvgIpc) is 3.80. The van der Waals surface area contributed by atoms with Gasteiger partial charge in [-0.25, -0.2) is 0 Å². The van der Waals surface area contributed by atoms with E-state index >= 15 is 0 Å². The molecule has 0 unspecified atom stereocenters. The van der Waals surface area contributed by atoms with Crippen LogP contribution in [0.25, 0.3) is 11.1 Å². The predicted molar refractivity (Wildman–Crippen MR) is 200 cm³/mol. The van der Waals surface area contributed by atoms with Crippen LogP contribution in [0.1, 0.15) is 32.9 Å². The molecule has 2 aliphatic heterocycles. The fraction of sp³-hybridized carbons (Fsp3) is 0.632. The number of aliphatic hydroxyl groups is 1. The first-order valence-corrected chi connectivity index (χ1v) is 18.7. The molecular weight excluding hydrogens is 700 g/mol. The molecule has 2 N–H and O–H groups in total. The molecule has 5 rings (SSSR count). The van der Waals surface area contributed by atoms with Crippen LogP contribution in [0.15, 0.2) is 40.9 Å². The van der Waals surface area contributed by atoms with Crippen LogP contribution >= 0.6 is 0 Å². The van der Waals surface area contributed by atoms with E-state index in [-0.39, 0.29) is 25.0 Å². The summed E-state index contributed by atoms with van der Waals surface area (Å²) in [5.74, 6) is 0.857. The van der Waals surface area contributed by atoms with E-state index in [1.807, 2.05) is 51.1 Å². The number of methoxy groups -OCH3 is 1. The Morgan fingerprint density at radius 1 is 0.926 bits per heavy atom. The summed E-state index contributed by atoms with van der Waals surface area (Å²) in [4.78, 5) is 40.6. The Bertz CT molecular complexity index is 1590. The molecule has 2 atom stereocenters. The van der Waals surface area contributed by atoms with Crippen LogP contribution in [0.5, 0.6) is 11.5 Å². The minimum atomic E-state index is -0.701. The van der Waals surface area contributed by atoms with E-state index in [1.165, 1.54) is 0 Å². The lowest BCUT2D eigenvalue weighted by molar-refractivity contribution is -0.140. The van der Waals surface area contributed by atoms with E-state index < -0.39 is 17.6 Å². The van der Waals surface area contributed by atoms with Crippen molar-refractivity contribution in [2.45, 2.75) is 45.9 Å². The summed E-state index contributed by atoms with van der Waals surface area (Å²) in [5, 5.41) is 12.6. The number of aromatic nitrogens is 2. The third-order valence-electron chi connectivity index (χ3n) is 9.20. The third-order valence-corrected chi connectivity index (χ3v) is 9.20. The molecule has 2 aromatic heterocycles. The highest BCUT2D eigenvalue weighted by Crippen LogP contribution is 2.27. The number of hydrogen-bond acceptors (Lipinski definition) is 14. The van der Waals surface area contributed by atoms with Crippen LogP contribution in [-0.4, -0.2) is 155 Å². The monoisotopic (exact) mass is 756 g/mol. The van der Waals surface area contributed by atoms with Crippen LogP contribution < -0.4 is 19.7 Å². The number of nitrogens with one attached hydrogen (secondary N) is 1. The number of pyridine rings is 1. The zero-order chi connectivity index (χ0) is 38.3. The van der Waals surface area contributed by atoms with Gasteiger partial charge in [-0.1, -0.05) is 20.8 Å². The van der Waals surface area contributed by atoms with Crippen molar-refractivity contribution in [1.82, 2.24) is 25.1 Å². The van der Waals surface area contributed by atoms with Gasteiger partial charge in [0.25, 0.3) is 6.01 Å². The predicted octanol–water partition coefficient (Wildman–Crippen LogP) is 2.12. The number of carbonyl (C=O) groups excluding carboxylic acids is 2. The lowest BCUT2D eigenvalue weighted by Crippen LogP contribution is -2.55. The van der Waals surface area contributed by atoms with E-state index in [9.17, 15) is 14.7 Å². The maximum absolute atomic E-state index is 12.9. The van der Waals surface area contributed by atoms with Gasteiger partial charge < -0.3 is 53.1 Å². The number of oxazole rings is 1. The number of β-amino-alcohol motifs (C(OH)–C–C–N with tert-alkyl or cyclic N) is 1. The number of piperazine rings is 1. The number of rotatable bonds is 21. The molecular formula is C38H56N6O10. The molecule has 16 heteroatoms. The van der Waals surface area contributed by atoms with Gasteiger partial charge in [0, 0.05) is 51.9 Å². The van der Waals surface area contributed by atoms with E-state index in [0.29, 0.717) is 83.3 Å². The molecule has 0 bridgehead atoms. The number of carbonyl (C=O) groups is 2. The first-order chi connectivity index (χ1) is 26.1. The minimum Gasteiger partial charge on any atom is -0.495 e. The highest BCUT2D eigenvalue weighted by atomic mass is 16.6. The van der Waals surface area contributed by atoms with Gasteiger partial charge in [-0.05, 0) is 36.1 Å². The second kappa shape index (κ2) is 20.6. The molecule has 54 heavy (non-hydrogen) atoms. The van der Waals surface area contributed by atoms with Gasteiger partial charge in [0.2, 0.25) is 11.8 Å². The van der Waals surface area contributed by atoms with E-state index in [4.69, 9.17) is 37.8 Å². The molecule has 2 amide bonds. The smallest absolute Gasteiger partial charge is 0.298 e. The summed E-state index contributed by atoms with van der Waals surface area (Å²) in [6.45, 7) is 13.9. The number of amides is 2. The molecule has 4 heterocycles. The molecule has 2 aliphatic rings. The van der Waals surface area contributed by atoms with Gasteiger partial charge in [-0.2, -0.15) is 4.98 Å². The molecule has 0 spiro atoms. The fourth-order valence-electron chi connectivity index (χ4n) is 6.05. The number of anilines is 1. The normalized spacial score (nSPS) is 17.2. The van der Waals surface area contributed by atoms with E-state index in [1.54, 1.807) is 18.2 Å². The highest BCUT2D eigenvalue weighted by molar-refractivity contribution is 5.89. The summed E-state index contributed by atoms with van der Waals surface area (Å²) in [5.41, 5.74) is 1.79. The maximum atomic E-state index is 12.9. The van der Waals surface area contributed by atoms with Crippen LogP contribution in [0.4, 0.5) is 6.01 Å².